The zero-order valence-electron chi connectivity index (χ0n) is 20.6. The van der Waals surface area contributed by atoms with Crippen LogP contribution in [0.4, 0.5) is 4.79 Å². The van der Waals surface area contributed by atoms with Crippen molar-refractivity contribution in [1.82, 2.24) is 15.5 Å². The first-order chi connectivity index (χ1) is 16.6. The number of aliphatic hydroxyl groups excluding tert-OH is 1. The molecule has 2 aromatic carbocycles. The molecule has 2 rings (SSSR count). The summed E-state index contributed by atoms with van der Waals surface area (Å²) in [6.45, 7) is 6.38. The topological polar surface area (TPSA) is 108 Å². The summed E-state index contributed by atoms with van der Waals surface area (Å²) in [5.74, 6) is 1.54. The van der Waals surface area contributed by atoms with Crippen LogP contribution in [0.5, 0.6) is 0 Å². The number of hydrogen-bond donors (Lipinski definition) is 3. The van der Waals surface area contributed by atoms with E-state index in [-0.39, 0.29) is 19.7 Å². The van der Waals surface area contributed by atoms with Crippen molar-refractivity contribution in [1.29, 1.82) is 0 Å². The molecule has 3 amide bonds. The Balaban J connectivity index is 2.33. The van der Waals surface area contributed by atoms with Gasteiger partial charge in [-0.05, 0) is 51.0 Å². The molecule has 0 aromatic heterocycles. The zero-order valence-corrected chi connectivity index (χ0v) is 20.6. The molecule has 35 heavy (non-hydrogen) atoms. The van der Waals surface area contributed by atoms with Gasteiger partial charge in [-0.25, -0.2) is 4.79 Å². The zero-order chi connectivity index (χ0) is 26.0. The van der Waals surface area contributed by atoms with Gasteiger partial charge in [-0.1, -0.05) is 48.4 Å². The third-order valence-electron chi connectivity index (χ3n) is 4.99. The number of rotatable bonds is 9. The Morgan fingerprint density at radius 1 is 1.09 bits per heavy atom. The molecule has 0 saturated carbocycles. The molecule has 0 aliphatic rings. The molecule has 186 valence electrons. The summed E-state index contributed by atoms with van der Waals surface area (Å²) in [5, 5.41) is 15.1. The van der Waals surface area contributed by atoms with E-state index in [1.54, 1.807) is 45.0 Å². The maximum atomic E-state index is 13.4. The highest BCUT2D eigenvalue weighted by molar-refractivity contribution is 5.92. The van der Waals surface area contributed by atoms with Crippen molar-refractivity contribution < 1.29 is 24.2 Å². The molecule has 0 fully saturated rings. The average molecular weight is 480 g/mol. The highest BCUT2D eigenvalue weighted by atomic mass is 16.6. The lowest BCUT2D eigenvalue weighted by Crippen LogP contribution is -2.52. The van der Waals surface area contributed by atoms with Crippen LogP contribution in [0.2, 0.25) is 0 Å². The first kappa shape index (κ1) is 27.4. The summed E-state index contributed by atoms with van der Waals surface area (Å²) in [5.41, 5.74) is 1.29. The van der Waals surface area contributed by atoms with E-state index in [4.69, 9.17) is 11.2 Å². The van der Waals surface area contributed by atoms with Crippen LogP contribution in [0.1, 0.15) is 50.4 Å². The van der Waals surface area contributed by atoms with Gasteiger partial charge in [0.1, 0.15) is 17.7 Å². The van der Waals surface area contributed by atoms with Crippen molar-refractivity contribution in [2.24, 2.45) is 0 Å². The molecular weight excluding hydrogens is 446 g/mol. The second-order valence-corrected chi connectivity index (χ2v) is 9.00. The van der Waals surface area contributed by atoms with E-state index in [1.807, 2.05) is 30.3 Å². The number of carbonyl (C=O) groups excluding carboxylic acids is 3. The van der Waals surface area contributed by atoms with E-state index in [0.29, 0.717) is 11.1 Å². The van der Waals surface area contributed by atoms with Gasteiger partial charge in [-0.15, -0.1) is 6.42 Å². The highest BCUT2D eigenvalue weighted by Gasteiger charge is 2.34. The lowest BCUT2D eigenvalue weighted by molar-refractivity contribution is -0.142. The van der Waals surface area contributed by atoms with Crippen molar-refractivity contribution in [3.8, 4) is 12.3 Å². The van der Waals surface area contributed by atoms with Crippen LogP contribution in [-0.2, 0) is 20.9 Å². The predicted octanol–water partition coefficient (Wildman–Crippen LogP) is 2.76. The van der Waals surface area contributed by atoms with Crippen molar-refractivity contribution in [3.63, 3.8) is 0 Å². The lowest BCUT2D eigenvalue weighted by Gasteiger charge is -2.33. The number of benzene rings is 2. The SMILES string of the molecule is C#Cc1ccc(C(C(=O)NCc2ccccc2)N(CCO)C(=O)C(C)NC(=O)OC(C)(C)C)cc1. The van der Waals surface area contributed by atoms with Crippen LogP contribution in [-0.4, -0.2) is 52.7 Å². The van der Waals surface area contributed by atoms with E-state index >= 15 is 0 Å². The van der Waals surface area contributed by atoms with E-state index in [2.05, 4.69) is 16.6 Å². The van der Waals surface area contributed by atoms with Gasteiger partial charge >= 0.3 is 6.09 Å². The molecule has 0 saturated heterocycles. The van der Waals surface area contributed by atoms with Gasteiger partial charge in [-0.3, -0.25) is 9.59 Å². The van der Waals surface area contributed by atoms with Gasteiger partial charge < -0.3 is 25.4 Å². The second-order valence-electron chi connectivity index (χ2n) is 9.00. The Bertz CT molecular complexity index is 1040. The van der Waals surface area contributed by atoms with Gasteiger partial charge in [-0.2, -0.15) is 0 Å². The van der Waals surface area contributed by atoms with Gasteiger partial charge in [0, 0.05) is 18.7 Å². The van der Waals surface area contributed by atoms with Gasteiger partial charge in [0.05, 0.1) is 6.61 Å². The maximum absolute atomic E-state index is 13.4. The number of hydrogen-bond acceptors (Lipinski definition) is 5. The highest BCUT2D eigenvalue weighted by Crippen LogP contribution is 2.23. The fourth-order valence-electron chi connectivity index (χ4n) is 3.39. The van der Waals surface area contributed by atoms with Crippen LogP contribution >= 0.6 is 0 Å². The third-order valence-corrected chi connectivity index (χ3v) is 4.99. The van der Waals surface area contributed by atoms with Crippen molar-refractivity contribution in [3.05, 3.63) is 71.3 Å². The Labute approximate surface area is 206 Å². The van der Waals surface area contributed by atoms with E-state index in [9.17, 15) is 19.5 Å². The summed E-state index contributed by atoms with van der Waals surface area (Å²) in [6.07, 6.45) is 4.70. The van der Waals surface area contributed by atoms with Crippen molar-refractivity contribution >= 4 is 17.9 Å². The maximum Gasteiger partial charge on any atom is 0.408 e. The third kappa shape index (κ3) is 8.47. The lowest BCUT2D eigenvalue weighted by atomic mass is 10.0. The van der Waals surface area contributed by atoms with Crippen molar-refractivity contribution in [2.45, 2.75) is 51.9 Å². The molecule has 0 aliphatic heterocycles. The summed E-state index contributed by atoms with van der Waals surface area (Å²) in [4.78, 5) is 40.2. The van der Waals surface area contributed by atoms with Gasteiger partial charge in [0.25, 0.3) is 0 Å². The van der Waals surface area contributed by atoms with E-state index in [1.165, 1.54) is 11.8 Å². The number of carbonyl (C=O) groups is 3. The molecule has 0 bridgehead atoms. The van der Waals surface area contributed by atoms with Crippen LogP contribution in [0.15, 0.2) is 54.6 Å². The fourth-order valence-corrected chi connectivity index (χ4v) is 3.39. The van der Waals surface area contributed by atoms with E-state index < -0.39 is 35.6 Å². The molecule has 0 aliphatic carbocycles. The number of terminal acetylenes is 1. The molecule has 2 unspecified atom stereocenters. The first-order valence-corrected chi connectivity index (χ1v) is 11.3. The molecule has 2 atom stereocenters. The smallest absolute Gasteiger partial charge is 0.408 e. The first-order valence-electron chi connectivity index (χ1n) is 11.3. The van der Waals surface area contributed by atoms with Crippen molar-refractivity contribution in [2.75, 3.05) is 13.2 Å². The Kier molecular flexibility index (Phi) is 9.86. The average Bonchev–Trinajstić information content (AvgIpc) is 2.81. The number of ether oxygens (including phenoxy) is 1. The van der Waals surface area contributed by atoms with Gasteiger partial charge in [0.2, 0.25) is 11.8 Å². The quantitative estimate of drug-likeness (QED) is 0.480. The summed E-state index contributed by atoms with van der Waals surface area (Å²) >= 11 is 0. The van der Waals surface area contributed by atoms with Crippen LogP contribution in [0, 0.1) is 12.3 Å². The number of nitrogens with zero attached hydrogens (tertiary/aromatic N) is 1. The minimum absolute atomic E-state index is 0.126. The number of aliphatic hydroxyl groups is 1. The van der Waals surface area contributed by atoms with Crippen LogP contribution < -0.4 is 10.6 Å². The molecule has 0 spiro atoms. The minimum atomic E-state index is -1.06. The van der Waals surface area contributed by atoms with Crippen LogP contribution in [0.3, 0.4) is 0 Å². The minimum Gasteiger partial charge on any atom is -0.444 e. The molecule has 0 heterocycles. The molecular formula is C27H33N3O5. The Morgan fingerprint density at radius 2 is 1.71 bits per heavy atom. The molecule has 2 aromatic rings. The Hall–Kier alpha value is -3.83. The normalized spacial score (nSPS) is 12.6. The molecule has 0 radical (unpaired) electrons. The standard InChI is InChI=1S/C27H33N3O5/c1-6-20-12-14-22(15-13-20)23(24(32)28-18-21-10-8-7-9-11-21)30(16-17-31)25(33)19(2)29-26(34)35-27(3,4)5/h1,7-15,19,23,31H,16-18H2,2-5H3,(H,28,32)(H,29,34). The Morgan fingerprint density at radius 3 is 2.26 bits per heavy atom. The number of amides is 3. The fraction of sp³-hybridized carbons (Fsp3) is 0.370. The largest absolute Gasteiger partial charge is 0.444 e. The monoisotopic (exact) mass is 479 g/mol. The summed E-state index contributed by atoms with van der Waals surface area (Å²) in [7, 11) is 0. The predicted molar refractivity (Wildman–Crippen MR) is 133 cm³/mol. The molecule has 8 nitrogen and oxygen atoms in total. The molecule has 3 N–H and O–H groups in total. The summed E-state index contributed by atoms with van der Waals surface area (Å²) in [6, 6.07) is 14.0. The number of alkyl carbamates (subject to hydrolysis) is 1. The molecule has 8 heteroatoms. The van der Waals surface area contributed by atoms with E-state index in [0.717, 1.165) is 5.56 Å². The second kappa shape index (κ2) is 12.6. The number of nitrogens with one attached hydrogen (secondary N) is 2. The summed E-state index contributed by atoms with van der Waals surface area (Å²) < 4.78 is 5.24. The van der Waals surface area contributed by atoms with Gasteiger partial charge in [0.15, 0.2) is 0 Å². The van der Waals surface area contributed by atoms with Crippen LogP contribution in [0.25, 0.3) is 0 Å².